The lowest BCUT2D eigenvalue weighted by molar-refractivity contribution is 0.0983. The standard InChI is InChI=1S/C8H9NO/c1-2-8(10)7-5-3-4-6-9-7/h3-6H,2H2,1H3. The zero-order valence-electron chi connectivity index (χ0n) is 5.87. The second-order valence-electron chi connectivity index (χ2n) is 1.99. The molecule has 0 unspecified atom stereocenters. The summed E-state index contributed by atoms with van der Waals surface area (Å²) in [5, 5.41) is 0. The lowest BCUT2D eigenvalue weighted by Crippen LogP contribution is -1.98. The van der Waals surface area contributed by atoms with Crippen LogP contribution in [0.4, 0.5) is 0 Å². The van der Waals surface area contributed by atoms with Gasteiger partial charge in [0.05, 0.1) is 0 Å². The normalized spacial score (nSPS) is 9.30. The number of pyridine rings is 1. The third-order valence-electron chi connectivity index (χ3n) is 1.27. The maximum absolute atomic E-state index is 11.0. The molecule has 10 heavy (non-hydrogen) atoms. The summed E-state index contributed by atoms with van der Waals surface area (Å²) < 4.78 is 0. The molecule has 0 aromatic carbocycles. The second-order valence-corrected chi connectivity index (χ2v) is 1.99. The first-order chi connectivity index (χ1) is 4.84. The predicted molar refractivity (Wildman–Crippen MR) is 38.9 cm³/mol. The van der Waals surface area contributed by atoms with Gasteiger partial charge < -0.3 is 0 Å². The summed E-state index contributed by atoms with van der Waals surface area (Å²) in [6, 6.07) is 5.34. The molecule has 0 spiro atoms. The molecule has 0 saturated heterocycles. The van der Waals surface area contributed by atoms with Gasteiger partial charge in [0.1, 0.15) is 5.69 Å². The van der Waals surface area contributed by atoms with Crippen molar-refractivity contribution in [2.24, 2.45) is 0 Å². The first-order valence-corrected chi connectivity index (χ1v) is 3.29. The molecule has 0 amide bonds. The van der Waals surface area contributed by atoms with Crippen molar-refractivity contribution in [3.8, 4) is 0 Å². The molecule has 0 aliphatic heterocycles. The van der Waals surface area contributed by atoms with E-state index in [1.165, 1.54) is 0 Å². The molecule has 0 fully saturated rings. The number of ketones is 1. The maximum atomic E-state index is 11.0. The zero-order valence-corrected chi connectivity index (χ0v) is 5.87. The van der Waals surface area contributed by atoms with Crippen LogP contribution >= 0.6 is 0 Å². The first-order valence-electron chi connectivity index (χ1n) is 3.29. The van der Waals surface area contributed by atoms with Crippen molar-refractivity contribution in [3.05, 3.63) is 30.1 Å². The third-order valence-corrected chi connectivity index (χ3v) is 1.27. The van der Waals surface area contributed by atoms with E-state index in [4.69, 9.17) is 0 Å². The van der Waals surface area contributed by atoms with E-state index in [9.17, 15) is 4.79 Å². The minimum atomic E-state index is 0.0978. The summed E-state index contributed by atoms with van der Waals surface area (Å²) in [7, 11) is 0. The molecule has 0 N–H and O–H groups in total. The molecular formula is C8H9NO. The monoisotopic (exact) mass is 135 g/mol. The fourth-order valence-corrected chi connectivity index (χ4v) is 0.709. The number of aromatic nitrogens is 1. The Morgan fingerprint density at radius 1 is 1.60 bits per heavy atom. The quantitative estimate of drug-likeness (QED) is 0.577. The van der Waals surface area contributed by atoms with E-state index in [-0.39, 0.29) is 5.78 Å². The first kappa shape index (κ1) is 6.93. The van der Waals surface area contributed by atoms with Gasteiger partial charge in [0, 0.05) is 12.6 Å². The van der Waals surface area contributed by atoms with Crippen LogP contribution in [0.25, 0.3) is 0 Å². The SMILES string of the molecule is CCC(=O)c1ccccn1. The van der Waals surface area contributed by atoms with Crippen molar-refractivity contribution >= 4 is 5.78 Å². The number of rotatable bonds is 2. The Bertz CT molecular complexity index is 218. The van der Waals surface area contributed by atoms with Gasteiger partial charge in [0.25, 0.3) is 0 Å². The molecule has 2 heteroatoms. The Kier molecular flexibility index (Phi) is 2.15. The van der Waals surface area contributed by atoms with Crippen LogP contribution in [-0.4, -0.2) is 10.8 Å². The van der Waals surface area contributed by atoms with Crippen LogP contribution in [0.2, 0.25) is 0 Å². The summed E-state index contributed by atoms with van der Waals surface area (Å²) >= 11 is 0. The molecule has 52 valence electrons. The van der Waals surface area contributed by atoms with E-state index in [1.54, 1.807) is 18.3 Å². The van der Waals surface area contributed by atoms with Crippen LogP contribution in [0.3, 0.4) is 0 Å². The summed E-state index contributed by atoms with van der Waals surface area (Å²) in [6.45, 7) is 1.83. The van der Waals surface area contributed by atoms with E-state index in [0.29, 0.717) is 12.1 Å². The molecule has 1 heterocycles. The van der Waals surface area contributed by atoms with Gasteiger partial charge in [-0.1, -0.05) is 13.0 Å². The second kappa shape index (κ2) is 3.11. The molecule has 1 aromatic heterocycles. The fraction of sp³-hybridized carbons (Fsp3) is 0.250. The van der Waals surface area contributed by atoms with Gasteiger partial charge in [-0.05, 0) is 12.1 Å². The number of carbonyl (C=O) groups excluding carboxylic acids is 1. The Hall–Kier alpha value is -1.18. The van der Waals surface area contributed by atoms with Gasteiger partial charge in [0.15, 0.2) is 5.78 Å². The van der Waals surface area contributed by atoms with Crippen LogP contribution in [0.5, 0.6) is 0 Å². The molecule has 0 radical (unpaired) electrons. The molecule has 2 nitrogen and oxygen atoms in total. The van der Waals surface area contributed by atoms with Crippen molar-refractivity contribution in [1.82, 2.24) is 4.98 Å². The van der Waals surface area contributed by atoms with Crippen molar-refractivity contribution in [2.75, 3.05) is 0 Å². The molecule has 0 saturated carbocycles. The summed E-state index contributed by atoms with van der Waals surface area (Å²) in [4.78, 5) is 14.9. The molecule has 0 aliphatic carbocycles. The van der Waals surface area contributed by atoms with Crippen LogP contribution in [0.1, 0.15) is 23.8 Å². The number of hydrogen-bond acceptors (Lipinski definition) is 2. The van der Waals surface area contributed by atoms with Crippen molar-refractivity contribution in [1.29, 1.82) is 0 Å². The minimum Gasteiger partial charge on any atom is -0.292 e. The van der Waals surface area contributed by atoms with Gasteiger partial charge in [-0.15, -0.1) is 0 Å². The highest BCUT2D eigenvalue weighted by molar-refractivity contribution is 5.93. The van der Waals surface area contributed by atoms with E-state index < -0.39 is 0 Å². The highest BCUT2D eigenvalue weighted by atomic mass is 16.1. The van der Waals surface area contributed by atoms with Crippen molar-refractivity contribution in [2.45, 2.75) is 13.3 Å². The Morgan fingerprint density at radius 2 is 2.40 bits per heavy atom. The Labute approximate surface area is 59.9 Å². The van der Waals surface area contributed by atoms with E-state index >= 15 is 0 Å². The number of hydrogen-bond donors (Lipinski definition) is 0. The Morgan fingerprint density at radius 3 is 2.90 bits per heavy atom. The lowest BCUT2D eigenvalue weighted by atomic mass is 10.2. The minimum absolute atomic E-state index is 0.0978. The summed E-state index contributed by atoms with van der Waals surface area (Å²) in [5.41, 5.74) is 0.560. The lowest BCUT2D eigenvalue weighted by Gasteiger charge is -1.92. The molecule has 1 rings (SSSR count). The van der Waals surface area contributed by atoms with Crippen LogP contribution < -0.4 is 0 Å². The van der Waals surface area contributed by atoms with E-state index in [2.05, 4.69) is 4.98 Å². The fourth-order valence-electron chi connectivity index (χ4n) is 0.709. The average molecular weight is 135 g/mol. The van der Waals surface area contributed by atoms with E-state index in [0.717, 1.165) is 0 Å². The predicted octanol–water partition coefficient (Wildman–Crippen LogP) is 1.67. The average Bonchev–Trinajstić information content (AvgIpc) is 2.05. The van der Waals surface area contributed by atoms with Gasteiger partial charge in [-0.2, -0.15) is 0 Å². The van der Waals surface area contributed by atoms with Gasteiger partial charge in [0.2, 0.25) is 0 Å². The van der Waals surface area contributed by atoms with Gasteiger partial charge >= 0.3 is 0 Å². The van der Waals surface area contributed by atoms with Crippen LogP contribution in [0.15, 0.2) is 24.4 Å². The molecule has 1 aromatic rings. The molecule has 0 bridgehead atoms. The van der Waals surface area contributed by atoms with Gasteiger partial charge in [-0.3, -0.25) is 9.78 Å². The molecule has 0 aliphatic rings. The van der Waals surface area contributed by atoms with E-state index in [1.807, 2.05) is 13.0 Å². The van der Waals surface area contributed by atoms with Crippen molar-refractivity contribution < 1.29 is 4.79 Å². The zero-order chi connectivity index (χ0) is 7.40. The van der Waals surface area contributed by atoms with Crippen molar-refractivity contribution in [3.63, 3.8) is 0 Å². The summed E-state index contributed by atoms with van der Waals surface area (Å²) in [6.07, 6.45) is 2.15. The Balaban J connectivity index is 2.85. The highest BCUT2D eigenvalue weighted by Crippen LogP contribution is 1.96. The van der Waals surface area contributed by atoms with Crippen LogP contribution in [-0.2, 0) is 0 Å². The molecule has 0 atom stereocenters. The number of carbonyl (C=O) groups is 1. The third kappa shape index (κ3) is 1.41. The smallest absolute Gasteiger partial charge is 0.180 e. The largest absolute Gasteiger partial charge is 0.292 e. The highest BCUT2D eigenvalue weighted by Gasteiger charge is 2.00. The molecular weight excluding hydrogens is 126 g/mol. The number of Topliss-reactive ketones (excluding diaryl/α,β-unsaturated/α-hetero) is 1. The maximum Gasteiger partial charge on any atom is 0.180 e. The van der Waals surface area contributed by atoms with Crippen LogP contribution in [0, 0.1) is 0 Å². The number of nitrogens with zero attached hydrogens (tertiary/aromatic N) is 1. The summed E-state index contributed by atoms with van der Waals surface area (Å²) in [5.74, 6) is 0.0978. The van der Waals surface area contributed by atoms with Gasteiger partial charge in [-0.25, -0.2) is 0 Å². The topological polar surface area (TPSA) is 30.0 Å².